The maximum absolute atomic E-state index is 12.8. The molecule has 8 heteroatoms. The molecule has 0 aliphatic heterocycles. The molecular weight excluding hydrogens is 386 g/mol. The second kappa shape index (κ2) is 8.77. The Labute approximate surface area is 174 Å². The third-order valence-corrected chi connectivity index (χ3v) is 4.89. The molecule has 1 heterocycles. The molecule has 1 aromatic heterocycles. The molecule has 0 aliphatic rings. The number of aryl methyl sites for hydroxylation is 1. The van der Waals surface area contributed by atoms with Crippen LogP contribution in [0.25, 0.3) is 10.9 Å². The van der Waals surface area contributed by atoms with Crippen LogP contribution in [0.3, 0.4) is 0 Å². The Morgan fingerprint density at radius 3 is 2.27 bits per heavy atom. The zero-order valence-electron chi connectivity index (χ0n) is 17.6. The molecule has 0 spiro atoms. The number of ether oxygens (including phenoxy) is 3. The van der Waals surface area contributed by atoms with Gasteiger partial charge in [-0.3, -0.25) is 9.59 Å². The van der Waals surface area contributed by atoms with Crippen molar-refractivity contribution < 1.29 is 23.8 Å². The molecule has 0 saturated heterocycles. The summed E-state index contributed by atoms with van der Waals surface area (Å²) in [6, 6.07) is 11.7. The minimum absolute atomic E-state index is 0.354. The van der Waals surface area contributed by atoms with Crippen molar-refractivity contribution in [2.45, 2.75) is 13.0 Å². The molecule has 3 rings (SSSR count). The van der Waals surface area contributed by atoms with E-state index in [0.29, 0.717) is 28.6 Å². The smallest absolute Gasteiger partial charge is 0.268 e. The molecule has 0 saturated carbocycles. The number of fused-ring (bicyclic) bond motifs is 1. The Hall–Kier alpha value is -3.68. The van der Waals surface area contributed by atoms with Gasteiger partial charge in [-0.05, 0) is 43.3 Å². The molecule has 2 aromatic carbocycles. The fourth-order valence-corrected chi connectivity index (χ4v) is 3.16. The molecule has 1 atom stereocenters. The van der Waals surface area contributed by atoms with Crippen molar-refractivity contribution in [3.63, 3.8) is 0 Å². The summed E-state index contributed by atoms with van der Waals surface area (Å²) in [7, 11) is 6.44. The van der Waals surface area contributed by atoms with Gasteiger partial charge < -0.3 is 29.4 Å². The summed E-state index contributed by atoms with van der Waals surface area (Å²) in [6.07, 6.45) is 0. The number of hydrogen-bond donors (Lipinski definition) is 2. The van der Waals surface area contributed by atoms with E-state index >= 15 is 0 Å². The van der Waals surface area contributed by atoms with Crippen LogP contribution in [0.15, 0.2) is 42.5 Å². The van der Waals surface area contributed by atoms with E-state index in [1.807, 2.05) is 18.2 Å². The number of rotatable bonds is 7. The number of benzene rings is 2. The zero-order valence-corrected chi connectivity index (χ0v) is 17.6. The van der Waals surface area contributed by atoms with Gasteiger partial charge in [-0.1, -0.05) is 0 Å². The summed E-state index contributed by atoms with van der Waals surface area (Å²) < 4.78 is 17.5. The van der Waals surface area contributed by atoms with Crippen LogP contribution < -0.4 is 24.8 Å². The van der Waals surface area contributed by atoms with Crippen LogP contribution in [0, 0.1) is 0 Å². The van der Waals surface area contributed by atoms with Crippen LogP contribution in [-0.2, 0) is 11.8 Å². The highest BCUT2D eigenvalue weighted by atomic mass is 16.5. The molecule has 0 radical (unpaired) electrons. The van der Waals surface area contributed by atoms with Crippen molar-refractivity contribution in [2.75, 3.05) is 26.6 Å². The quantitative estimate of drug-likeness (QED) is 0.624. The van der Waals surface area contributed by atoms with Crippen molar-refractivity contribution in [3.05, 3.63) is 48.2 Å². The molecule has 3 aromatic rings. The van der Waals surface area contributed by atoms with E-state index in [-0.39, 0.29) is 11.8 Å². The molecule has 8 nitrogen and oxygen atoms in total. The van der Waals surface area contributed by atoms with Gasteiger partial charge >= 0.3 is 0 Å². The number of carbonyl (C=O) groups excluding carboxylic acids is 2. The van der Waals surface area contributed by atoms with Gasteiger partial charge in [-0.25, -0.2) is 0 Å². The Morgan fingerprint density at radius 2 is 1.60 bits per heavy atom. The van der Waals surface area contributed by atoms with E-state index in [1.165, 1.54) is 14.2 Å². The lowest BCUT2D eigenvalue weighted by atomic mass is 10.2. The maximum atomic E-state index is 12.8. The average Bonchev–Trinajstić information content (AvgIpc) is 3.09. The predicted octanol–water partition coefficient (Wildman–Crippen LogP) is 2.96. The summed E-state index contributed by atoms with van der Waals surface area (Å²) in [4.78, 5) is 25.4. The SMILES string of the molecule is COc1ccc(OC)c(NC(=O)C(C)NC(=O)c2cc3cc(OC)ccc3n2C)c1. The molecule has 0 bridgehead atoms. The highest BCUT2D eigenvalue weighted by Crippen LogP contribution is 2.29. The fourth-order valence-electron chi connectivity index (χ4n) is 3.16. The van der Waals surface area contributed by atoms with Gasteiger partial charge in [0.05, 0.1) is 27.0 Å². The highest BCUT2D eigenvalue weighted by molar-refractivity contribution is 6.03. The Morgan fingerprint density at radius 1 is 0.933 bits per heavy atom. The van der Waals surface area contributed by atoms with Crippen molar-refractivity contribution in [3.8, 4) is 17.2 Å². The molecule has 2 N–H and O–H groups in total. The van der Waals surface area contributed by atoms with Gasteiger partial charge in [0.1, 0.15) is 29.0 Å². The second-order valence-corrected chi connectivity index (χ2v) is 6.76. The lowest BCUT2D eigenvalue weighted by molar-refractivity contribution is -0.117. The van der Waals surface area contributed by atoms with Gasteiger partial charge in [0.25, 0.3) is 5.91 Å². The van der Waals surface area contributed by atoms with Crippen LogP contribution in [-0.4, -0.2) is 43.8 Å². The first-order chi connectivity index (χ1) is 14.4. The van der Waals surface area contributed by atoms with Crippen molar-refractivity contribution in [1.29, 1.82) is 0 Å². The van der Waals surface area contributed by atoms with Crippen LogP contribution in [0.2, 0.25) is 0 Å². The lowest BCUT2D eigenvalue weighted by Gasteiger charge is -2.16. The second-order valence-electron chi connectivity index (χ2n) is 6.76. The van der Waals surface area contributed by atoms with Crippen LogP contribution >= 0.6 is 0 Å². The lowest BCUT2D eigenvalue weighted by Crippen LogP contribution is -2.42. The van der Waals surface area contributed by atoms with E-state index in [1.54, 1.807) is 49.9 Å². The number of anilines is 1. The molecule has 0 fully saturated rings. The van der Waals surface area contributed by atoms with E-state index in [4.69, 9.17) is 14.2 Å². The van der Waals surface area contributed by atoms with Gasteiger partial charge in [-0.15, -0.1) is 0 Å². The Balaban J connectivity index is 1.75. The summed E-state index contributed by atoms with van der Waals surface area (Å²) in [5.41, 5.74) is 1.79. The molecule has 158 valence electrons. The van der Waals surface area contributed by atoms with Crippen molar-refractivity contribution in [2.24, 2.45) is 7.05 Å². The maximum Gasteiger partial charge on any atom is 0.268 e. The molecule has 1 unspecified atom stereocenters. The predicted molar refractivity (Wildman–Crippen MR) is 115 cm³/mol. The van der Waals surface area contributed by atoms with Crippen molar-refractivity contribution >= 4 is 28.4 Å². The summed E-state index contributed by atoms with van der Waals surface area (Å²) in [5.74, 6) is 1.04. The van der Waals surface area contributed by atoms with Crippen molar-refractivity contribution in [1.82, 2.24) is 9.88 Å². The first-order valence-corrected chi connectivity index (χ1v) is 9.35. The van der Waals surface area contributed by atoms with Gasteiger partial charge in [0.2, 0.25) is 5.91 Å². The largest absolute Gasteiger partial charge is 0.497 e. The molecular formula is C22H25N3O5. The van der Waals surface area contributed by atoms with E-state index in [9.17, 15) is 9.59 Å². The van der Waals surface area contributed by atoms with Gasteiger partial charge in [-0.2, -0.15) is 0 Å². The molecule has 30 heavy (non-hydrogen) atoms. The third kappa shape index (κ3) is 4.17. The van der Waals surface area contributed by atoms with Crippen LogP contribution in [0.1, 0.15) is 17.4 Å². The first-order valence-electron chi connectivity index (χ1n) is 9.35. The fraction of sp³-hybridized carbons (Fsp3) is 0.273. The minimum atomic E-state index is -0.777. The average molecular weight is 411 g/mol. The summed E-state index contributed by atoms with van der Waals surface area (Å²) >= 11 is 0. The van der Waals surface area contributed by atoms with Crippen LogP contribution in [0.5, 0.6) is 17.2 Å². The topological polar surface area (TPSA) is 90.8 Å². The molecule has 2 amide bonds. The number of methoxy groups -OCH3 is 3. The highest BCUT2D eigenvalue weighted by Gasteiger charge is 2.21. The number of hydrogen-bond acceptors (Lipinski definition) is 5. The number of amides is 2. The summed E-state index contributed by atoms with van der Waals surface area (Å²) in [6.45, 7) is 1.62. The van der Waals surface area contributed by atoms with E-state index in [2.05, 4.69) is 10.6 Å². The van der Waals surface area contributed by atoms with E-state index < -0.39 is 6.04 Å². The van der Waals surface area contributed by atoms with Gasteiger partial charge in [0.15, 0.2) is 0 Å². The Kier molecular flexibility index (Phi) is 6.15. The standard InChI is InChI=1S/C22H25N3O5/c1-13(21(26)24-17-12-16(29-4)7-9-20(17)30-5)23-22(27)19-11-14-10-15(28-3)6-8-18(14)25(19)2/h6-13H,1-5H3,(H,23,27)(H,24,26). The molecule has 0 aliphatic carbocycles. The third-order valence-electron chi connectivity index (χ3n) is 4.89. The summed E-state index contributed by atoms with van der Waals surface area (Å²) in [5, 5.41) is 6.38. The first kappa shape index (κ1) is 21.0. The normalized spacial score (nSPS) is 11.6. The van der Waals surface area contributed by atoms with E-state index in [0.717, 1.165) is 10.9 Å². The zero-order chi connectivity index (χ0) is 21.8. The Bertz CT molecular complexity index is 1090. The number of aromatic nitrogens is 1. The number of nitrogens with zero attached hydrogens (tertiary/aromatic N) is 1. The monoisotopic (exact) mass is 411 g/mol. The number of carbonyl (C=O) groups is 2. The minimum Gasteiger partial charge on any atom is -0.497 e. The number of nitrogens with one attached hydrogen (secondary N) is 2. The van der Waals surface area contributed by atoms with Crippen LogP contribution in [0.4, 0.5) is 5.69 Å². The van der Waals surface area contributed by atoms with Gasteiger partial charge in [0, 0.05) is 24.0 Å².